The largest absolute Gasteiger partial charge is 0.440 e. The minimum Gasteiger partial charge on any atom is -0.440 e. The molecule has 4 nitrogen and oxygen atoms in total. The molecule has 3 heterocycles. The maximum absolute atomic E-state index is 11.9. The molecular weight excluding hydrogens is 308 g/mol. The van der Waals surface area contributed by atoms with E-state index in [-0.39, 0.29) is 22.9 Å². The van der Waals surface area contributed by atoms with Gasteiger partial charge < -0.3 is 9.73 Å². The zero-order chi connectivity index (χ0) is 14.8. The number of nitrogens with one attached hydrogen (secondary N) is 1. The molecule has 0 aromatic carbocycles. The molecule has 0 aliphatic carbocycles. The predicted octanol–water partition coefficient (Wildman–Crippen LogP) is 3.17. The van der Waals surface area contributed by atoms with Crippen molar-refractivity contribution in [3.63, 3.8) is 0 Å². The maximum Gasteiger partial charge on any atom is 0.287 e. The first-order valence-corrected chi connectivity index (χ1v) is 8.22. The summed E-state index contributed by atoms with van der Waals surface area (Å²) in [4.78, 5) is 15.8. The maximum atomic E-state index is 11.9. The van der Waals surface area contributed by atoms with Gasteiger partial charge >= 0.3 is 0 Å². The molecule has 2 aromatic rings. The topological polar surface area (TPSA) is 45.5 Å². The molecule has 112 valence electrons. The van der Waals surface area contributed by atoms with Crippen molar-refractivity contribution in [3.05, 3.63) is 45.0 Å². The lowest BCUT2D eigenvalue weighted by Crippen LogP contribution is -2.44. The van der Waals surface area contributed by atoms with Crippen LogP contribution < -0.4 is 5.32 Å². The van der Waals surface area contributed by atoms with Crippen LogP contribution in [0.2, 0.25) is 5.22 Å². The third-order valence-electron chi connectivity index (χ3n) is 3.82. The van der Waals surface area contributed by atoms with Crippen LogP contribution in [0.4, 0.5) is 0 Å². The van der Waals surface area contributed by atoms with Crippen molar-refractivity contribution in [2.24, 2.45) is 0 Å². The van der Waals surface area contributed by atoms with Crippen LogP contribution in [0.25, 0.3) is 0 Å². The molecule has 0 saturated heterocycles. The van der Waals surface area contributed by atoms with Gasteiger partial charge in [-0.3, -0.25) is 9.69 Å². The fourth-order valence-electron chi connectivity index (χ4n) is 2.54. The second-order valence-electron chi connectivity index (χ2n) is 5.25. The Bertz CT molecular complexity index is 637. The van der Waals surface area contributed by atoms with Crippen LogP contribution in [0.1, 0.15) is 27.9 Å². The number of thiophene rings is 1. The number of halogens is 1. The van der Waals surface area contributed by atoms with Crippen LogP contribution in [0.15, 0.2) is 28.0 Å². The highest BCUT2D eigenvalue weighted by molar-refractivity contribution is 7.10. The van der Waals surface area contributed by atoms with E-state index in [2.05, 4.69) is 28.6 Å². The molecule has 21 heavy (non-hydrogen) atoms. The molecule has 0 fully saturated rings. The average molecular weight is 325 g/mol. The van der Waals surface area contributed by atoms with E-state index < -0.39 is 0 Å². The average Bonchev–Trinajstić information content (AvgIpc) is 3.12. The number of carbonyl (C=O) groups excluding carboxylic acids is 1. The SMILES string of the molecule is CC(CNC(=O)c1ccc(Cl)o1)N1CCc2sccc2C1. The molecule has 6 heteroatoms. The van der Waals surface area contributed by atoms with Gasteiger partial charge in [-0.05, 0) is 54.1 Å². The summed E-state index contributed by atoms with van der Waals surface area (Å²) in [7, 11) is 0. The van der Waals surface area contributed by atoms with E-state index in [9.17, 15) is 4.79 Å². The van der Waals surface area contributed by atoms with Gasteiger partial charge in [0, 0.05) is 30.6 Å². The number of fused-ring (bicyclic) bond motifs is 1. The second kappa shape index (κ2) is 6.22. The fraction of sp³-hybridized carbons (Fsp3) is 0.400. The normalized spacial score (nSPS) is 16.5. The summed E-state index contributed by atoms with van der Waals surface area (Å²) in [6, 6.07) is 5.64. The number of nitrogens with zero attached hydrogens (tertiary/aromatic N) is 1. The summed E-state index contributed by atoms with van der Waals surface area (Å²) < 4.78 is 5.10. The van der Waals surface area contributed by atoms with Crippen LogP contribution in [-0.2, 0) is 13.0 Å². The Morgan fingerprint density at radius 3 is 3.14 bits per heavy atom. The number of amides is 1. The highest BCUT2D eigenvalue weighted by Crippen LogP contribution is 2.25. The predicted molar refractivity (Wildman–Crippen MR) is 83.9 cm³/mol. The summed E-state index contributed by atoms with van der Waals surface area (Å²) in [6.07, 6.45) is 1.10. The van der Waals surface area contributed by atoms with E-state index in [1.165, 1.54) is 10.4 Å². The van der Waals surface area contributed by atoms with E-state index >= 15 is 0 Å². The Morgan fingerprint density at radius 2 is 2.38 bits per heavy atom. The Labute approximate surface area is 132 Å². The highest BCUT2D eigenvalue weighted by Gasteiger charge is 2.22. The van der Waals surface area contributed by atoms with Gasteiger partial charge in [0.25, 0.3) is 5.91 Å². The van der Waals surface area contributed by atoms with Crippen molar-refractivity contribution in [1.82, 2.24) is 10.2 Å². The minimum atomic E-state index is -0.220. The molecular formula is C15H17ClN2O2S. The van der Waals surface area contributed by atoms with Crippen molar-refractivity contribution in [3.8, 4) is 0 Å². The first-order chi connectivity index (χ1) is 10.1. The third-order valence-corrected chi connectivity index (χ3v) is 5.04. The summed E-state index contributed by atoms with van der Waals surface area (Å²) in [5, 5.41) is 5.28. The van der Waals surface area contributed by atoms with E-state index in [4.69, 9.17) is 16.0 Å². The van der Waals surface area contributed by atoms with Gasteiger partial charge in [0.05, 0.1) is 0 Å². The molecule has 1 aliphatic rings. The number of furan rings is 1. The zero-order valence-electron chi connectivity index (χ0n) is 11.8. The van der Waals surface area contributed by atoms with Gasteiger partial charge in [-0.1, -0.05) is 0 Å². The van der Waals surface area contributed by atoms with Crippen LogP contribution in [-0.4, -0.2) is 29.9 Å². The monoisotopic (exact) mass is 324 g/mol. The number of hydrogen-bond acceptors (Lipinski definition) is 4. The zero-order valence-corrected chi connectivity index (χ0v) is 13.3. The van der Waals surface area contributed by atoms with Gasteiger partial charge in [0.15, 0.2) is 11.0 Å². The van der Waals surface area contributed by atoms with Crippen LogP contribution in [0.3, 0.4) is 0 Å². The van der Waals surface area contributed by atoms with E-state index in [1.807, 2.05) is 11.3 Å². The molecule has 0 radical (unpaired) electrons. The first-order valence-electron chi connectivity index (χ1n) is 6.96. The quantitative estimate of drug-likeness (QED) is 0.939. The third kappa shape index (κ3) is 3.31. The molecule has 1 amide bonds. The summed E-state index contributed by atoms with van der Waals surface area (Å²) in [5.74, 6) is 0.0351. The molecule has 1 unspecified atom stereocenters. The fourth-order valence-corrected chi connectivity index (χ4v) is 3.58. The Kier molecular flexibility index (Phi) is 4.33. The van der Waals surface area contributed by atoms with E-state index in [1.54, 1.807) is 12.1 Å². The van der Waals surface area contributed by atoms with Gasteiger partial charge in [0.1, 0.15) is 0 Å². The van der Waals surface area contributed by atoms with Crippen LogP contribution in [0.5, 0.6) is 0 Å². The molecule has 1 N–H and O–H groups in total. The second-order valence-corrected chi connectivity index (χ2v) is 6.63. The van der Waals surface area contributed by atoms with E-state index in [0.717, 1.165) is 19.5 Å². The van der Waals surface area contributed by atoms with Gasteiger partial charge in [-0.2, -0.15) is 0 Å². The van der Waals surface area contributed by atoms with Gasteiger partial charge in [-0.15, -0.1) is 11.3 Å². The number of carbonyl (C=O) groups is 1. The summed E-state index contributed by atoms with van der Waals surface area (Å²) in [5.41, 5.74) is 1.42. The lowest BCUT2D eigenvalue weighted by atomic mass is 10.1. The van der Waals surface area contributed by atoms with Gasteiger partial charge in [-0.25, -0.2) is 0 Å². The number of rotatable bonds is 4. The molecule has 3 rings (SSSR count). The smallest absolute Gasteiger partial charge is 0.287 e. The number of hydrogen-bond donors (Lipinski definition) is 1. The van der Waals surface area contributed by atoms with Crippen molar-refractivity contribution >= 4 is 28.8 Å². The van der Waals surface area contributed by atoms with E-state index in [0.29, 0.717) is 6.54 Å². The Balaban J connectivity index is 1.53. The van der Waals surface area contributed by atoms with Crippen LogP contribution >= 0.6 is 22.9 Å². The van der Waals surface area contributed by atoms with Crippen molar-refractivity contribution in [2.45, 2.75) is 25.9 Å². The highest BCUT2D eigenvalue weighted by atomic mass is 35.5. The lowest BCUT2D eigenvalue weighted by Gasteiger charge is -2.32. The molecule has 2 aromatic heterocycles. The van der Waals surface area contributed by atoms with Crippen molar-refractivity contribution < 1.29 is 9.21 Å². The van der Waals surface area contributed by atoms with Crippen molar-refractivity contribution in [1.29, 1.82) is 0 Å². The minimum absolute atomic E-state index is 0.220. The standard InChI is InChI=1S/C15H17ClN2O2S/c1-10(8-17-15(19)12-2-3-14(16)20-12)18-6-4-13-11(9-18)5-7-21-13/h2-3,5,7,10H,4,6,8-9H2,1H3,(H,17,19). The lowest BCUT2D eigenvalue weighted by molar-refractivity contribution is 0.0905. The van der Waals surface area contributed by atoms with Gasteiger partial charge in [0.2, 0.25) is 0 Å². The van der Waals surface area contributed by atoms with Crippen LogP contribution in [0, 0.1) is 0 Å². The first kappa shape index (κ1) is 14.6. The molecule has 1 atom stereocenters. The van der Waals surface area contributed by atoms with Crippen molar-refractivity contribution in [2.75, 3.05) is 13.1 Å². The molecule has 0 spiro atoms. The Hall–Kier alpha value is -1.30. The summed E-state index contributed by atoms with van der Waals surface area (Å²) in [6.45, 7) is 4.73. The summed E-state index contributed by atoms with van der Waals surface area (Å²) >= 11 is 7.51. The Morgan fingerprint density at radius 1 is 1.52 bits per heavy atom. The molecule has 0 bridgehead atoms. The molecule has 0 saturated carbocycles. The molecule has 1 aliphatic heterocycles.